The van der Waals surface area contributed by atoms with E-state index in [1.54, 1.807) is 6.92 Å². The highest BCUT2D eigenvalue weighted by Gasteiger charge is 2.29. The lowest BCUT2D eigenvalue weighted by Gasteiger charge is -2.31. The minimum atomic E-state index is -0.886. The first-order chi connectivity index (χ1) is 12.9. The number of alkyl halides is 1. The molecule has 9 heteroatoms. The molecule has 8 nitrogen and oxygen atoms in total. The van der Waals surface area contributed by atoms with Crippen LogP contribution >= 0.6 is 0 Å². The second-order valence-electron chi connectivity index (χ2n) is 6.78. The molecule has 2 rings (SSSR count). The standard InChI is InChI=1S/C18H29FN2O6/c1-12(2)27-17(21-10-13(3)16(22)20-18(21)23)14(24-9-7-19)11-26-15-6-4-5-8-25-15/h10,12,14-15,17H,4-9,11H2,1-3H3,(H,20,22,23)/t14?,15?,17-/m1/s1. The Balaban J connectivity index is 2.25. The van der Waals surface area contributed by atoms with Crippen LogP contribution < -0.4 is 11.2 Å². The molecule has 0 saturated carbocycles. The van der Waals surface area contributed by atoms with Gasteiger partial charge in [0.1, 0.15) is 12.8 Å². The number of nitrogens with zero attached hydrogens (tertiary/aromatic N) is 1. The Morgan fingerprint density at radius 2 is 2.15 bits per heavy atom. The molecule has 1 aromatic rings. The molecule has 0 amide bonds. The van der Waals surface area contributed by atoms with Crippen LogP contribution in [-0.4, -0.2) is 54.5 Å². The number of rotatable bonds is 10. The normalized spacial score (nSPS) is 20.0. The fourth-order valence-corrected chi connectivity index (χ4v) is 2.84. The average molecular weight is 388 g/mol. The molecule has 1 aliphatic heterocycles. The summed E-state index contributed by atoms with van der Waals surface area (Å²) >= 11 is 0. The highest BCUT2D eigenvalue weighted by Crippen LogP contribution is 2.21. The number of aromatic amines is 1. The largest absolute Gasteiger partial charge is 0.368 e. The first-order valence-electron chi connectivity index (χ1n) is 9.30. The quantitative estimate of drug-likeness (QED) is 0.656. The van der Waals surface area contributed by atoms with Crippen molar-refractivity contribution in [1.82, 2.24) is 9.55 Å². The lowest BCUT2D eigenvalue weighted by atomic mass is 10.2. The van der Waals surface area contributed by atoms with Crippen LogP contribution in [0.5, 0.6) is 0 Å². The number of aryl methyl sites for hydroxylation is 1. The van der Waals surface area contributed by atoms with Gasteiger partial charge in [0.15, 0.2) is 12.5 Å². The molecule has 1 N–H and O–H groups in total. The summed E-state index contributed by atoms with van der Waals surface area (Å²) in [4.78, 5) is 26.3. The third kappa shape index (κ3) is 6.53. The molecule has 2 unspecified atom stereocenters. The van der Waals surface area contributed by atoms with Gasteiger partial charge in [-0.25, -0.2) is 9.18 Å². The van der Waals surface area contributed by atoms with Crippen molar-refractivity contribution in [2.75, 3.05) is 26.5 Å². The predicted octanol–water partition coefficient (Wildman–Crippen LogP) is 1.67. The summed E-state index contributed by atoms with van der Waals surface area (Å²) in [6.07, 6.45) is 1.94. The summed E-state index contributed by atoms with van der Waals surface area (Å²) in [6, 6.07) is 0. The molecule has 27 heavy (non-hydrogen) atoms. The number of hydrogen-bond acceptors (Lipinski definition) is 6. The highest BCUT2D eigenvalue weighted by molar-refractivity contribution is 5.01. The number of halogens is 1. The molecule has 2 heterocycles. The van der Waals surface area contributed by atoms with Crippen LogP contribution in [0.25, 0.3) is 0 Å². The Labute approximate surface area is 157 Å². The summed E-state index contributed by atoms with van der Waals surface area (Å²) in [5.74, 6) is 0. The summed E-state index contributed by atoms with van der Waals surface area (Å²) in [5, 5.41) is 0. The predicted molar refractivity (Wildman–Crippen MR) is 96.6 cm³/mol. The Kier molecular flexibility index (Phi) is 8.62. The van der Waals surface area contributed by atoms with Crippen molar-refractivity contribution in [1.29, 1.82) is 0 Å². The van der Waals surface area contributed by atoms with Gasteiger partial charge in [-0.2, -0.15) is 0 Å². The van der Waals surface area contributed by atoms with E-state index < -0.39 is 30.3 Å². The second-order valence-corrected chi connectivity index (χ2v) is 6.78. The van der Waals surface area contributed by atoms with Crippen molar-refractivity contribution in [3.63, 3.8) is 0 Å². The maximum Gasteiger partial charge on any atom is 0.330 e. The number of ether oxygens (including phenoxy) is 4. The molecule has 0 bridgehead atoms. The van der Waals surface area contributed by atoms with Gasteiger partial charge in [-0.05, 0) is 40.0 Å². The topological polar surface area (TPSA) is 91.8 Å². The van der Waals surface area contributed by atoms with Crippen LogP contribution in [0.2, 0.25) is 0 Å². The van der Waals surface area contributed by atoms with E-state index in [2.05, 4.69) is 4.98 Å². The molecular weight excluding hydrogens is 359 g/mol. The Hall–Kier alpha value is -1.55. The smallest absolute Gasteiger partial charge is 0.330 e. The third-order valence-electron chi connectivity index (χ3n) is 4.14. The lowest BCUT2D eigenvalue weighted by molar-refractivity contribution is -0.207. The molecule has 0 radical (unpaired) electrons. The van der Waals surface area contributed by atoms with Gasteiger partial charge in [-0.1, -0.05) is 0 Å². The first-order valence-corrected chi connectivity index (χ1v) is 9.30. The zero-order chi connectivity index (χ0) is 19.8. The van der Waals surface area contributed by atoms with Crippen molar-refractivity contribution in [3.05, 3.63) is 32.6 Å². The van der Waals surface area contributed by atoms with E-state index in [4.69, 9.17) is 18.9 Å². The van der Waals surface area contributed by atoms with Crippen LogP contribution in [0.4, 0.5) is 4.39 Å². The van der Waals surface area contributed by atoms with Crippen molar-refractivity contribution in [3.8, 4) is 0 Å². The van der Waals surface area contributed by atoms with Gasteiger partial charge in [0.2, 0.25) is 0 Å². The van der Waals surface area contributed by atoms with E-state index in [-0.39, 0.29) is 25.6 Å². The molecular formula is C18H29FN2O6. The van der Waals surface area contributed by atoms with Crippen LogP contribution in [-0.2, 0) is 18.9 Å². The number of nitrogens with one attached hydrogen (secondary N) is 1. The molecule has 0 aromatic carbocycles. The molecule has 0 spiro atoms. The van der Waals surface area contributed by atoms with E-state index >= 15 is 0 Å². The molecule has 1 fully saturated rings. The minimum Gasteiger partial charge on any atom is -0.368 e. The molecule has 3 atom stereocenters. The minimum absolute atomic E-state index is 0.0622. The SMILES string of the molecule is Cc1cn([C@H](OC(C)C)C(COC2CCCCO2)OCCF)c(=O)[nH]c1=O. The van der Waals surface area contributed by atoms with Crippen molar-refractivity contribution >= 4 is 0 Å². The van der Waals surface area contributed by atoms with Crippen LogP contribution in [0.3, 0.4) is 0 Å². The number of aromatic nitrogens is 2. The van der Waals surface area contributed by atoms with E-state index in [0.717, 1.165) is 19.3 Å². The molecule has 154 valence electrons. The Morgan fingerprint density at radius 3 is 2.78 bits per heavy atom. The molecule has 1 aliphatic rings. The Bertz CT molecular complexity index is 683. The van der Waals surface area contributed by atoms with Gasteiger partial charge in [0, 0.05) is 18.4 Å². The van der Waals surface area contributed by atoms with Crippen molar-refractivity contribution in [2.45, 2.75) is 64.8 Å². The summed E-state index contributed by atoms with van der Waals surface area (Å²) in [7, 11) is 0. The van der Waals surface area contributed by atoms with Gasteiger partial charge < -0.3 is 18.9 Å². The summed E-state index contributed by atoms with van der Waals surface area (Å²) in [5.41, 5.74) is -0.737. The summed E-state index contributed by atoms with van der Waals surface area (Å²) in [6.45, 7) is 5.07. The van der Waals surface area contributed by atoms with Gasteiger partial charge in [-0.15, -0.1) is 0 Å². The van der Waals surface area contributed by atoms with Crippen LogP contribution in [0, 0.1) is 6.92 Å². The van der Waals surface area contributed by atoms with E-state index in [1.807, 2.05) is 13.8 Å². The molecule has 1 saturated heterocycles. The monoisotopic (exact) mass is 388 g/mol. The third-order valence-corrected chi connectivity index (χ3v) is 4.14. The first kappa shape index (κ1) is 21.7. The van der Waals surface area contributed by atoms with Gasteiger partial charge in [-0.3, -0.25) is 14.3 Å². The van der Waals surface area contributed by atoms with Crippen LogP contribution in [0.1, 0.15) is 44.9 Å². The average Bonchev–Trinajstić information content (AvgIpc) is 2.64. The fourth-order valence-electron chi connectivity index (χ4n) is 2.84. The second kappa shape index (κ2) is 10.7. The van der Waals surface area contributed by atoms with Gasteiger partial charge >= 0.3 is 5.69 Å². The molecule has 0 aliphatic carbocycles. The number of H-pyrrole nitrogens is 1. The van der Waals surface area contributed by atoms with Crippen molar-refractivity contribution in [2.24, 2.45) is 0 Å². The zero-order valence-corrected chi connectivity index (χ0v) is 16.1. The maximum absolute atomic E-state index is 12.7. The maximum atomic E-state index is 12.7. The zero-order valence-electron chi connectivity index (χ0n) is 16.1. The van der Waals surface area contributed by atoms with Crippen molar-refractivity contribution < 1.29 is 23.3 Å². The van der Waals surface area contributed by atoms with Gasteiger partial charge in [0.05, 0.1) is 19.3 Å². The van der Waals surface area contributed by atoms with E-state index in [0.29, 0.717) is 12.2 Å². The van der Waals surface area contributed by atoms with Gasteiger partial charge in [0.25, 0.3) is 5.56 Å². The lowest BCUT2D eigenvalue weighted by Crippen LogP contribution is -2.43. The van der Waals surface area contributed by atoms with Crippen LogP contribution in [0.15, 0.2) is 15.8 Å². The molecule has 1 aromatic heterocycles. The van der Waals surface area contributed by atoms with E-state index in [1.165, 1.54) is 10.8 Å². The van der Waals surface area contributed by atoms with E-state index in [9.17, 15) is 14.0 Å². The highest BCUT2D eigenvalue weighted by atomic mass is 19.1. The fraction of sp³-hybridized carbons (Fsp3) is 0.778. The Morgan fingerprint density at radius 1 is 1.37 bits per heavy atom. The summed E-state index contributed by atoms with van der Waals surface area (Å²) < 4.78 is 36.8. The number of hydrogen-bond donors (Lipinski definition) is 1.